The van der Waals surface area contributed by atoms with E-state index in [2.05, 4.69) is 9.97 Å². The third kappa shape index (κ3) is 10.2. The van der Waals surface area contributed by atoms with E-state index in [9.17, 15) is 0 Å². The lowest BCUT2D eigenvalue weighted by Gasteiger charge is -1.81. The van der Waals surface area contributed by atoms with E-state index in [1.54, 1.807) is 6.33 Å². The van der Waals surface area contributed by atoms with Gasteiger partial charge in [-0.1, -0.05) is 12.1 Å². The summed E-state index contributed by atoms with van der Waals surface area (Å²) in [5, 5.41) is 0. The van der Waals surface area contributed by atoms with E-state index in [1.807, 2.05) is 24.3 Å². The Bertz CT molecular complexity index is 305. The van der Waals surface area contributed by atoms with Crippen LogP contribution >= 0.6 is 37.2 Å². The first-order valence-corrected chi connectivity index (χ1v) is 2.85. The number of nitrogens with one attached hydrogen (secondary N) is 1. The Morgan fingerprint density at radius 3 is 1.71 bits per heavy atom. The predicted molar refractivity (Wildman–Crippen MR) is 75.9 cm³/mol. The standard InChI is InChI=1S/C7H6N2.3ClH.5H2O/c1-2-4-7-6(3-1)8-5-9-7;;;;;;;;/h1-5H,(H,8,9);3*1H;5*1H2. The molecule has 0 saturated heterocycles. The van der Waals surface area contributed by atoms with Gasteiger partial charge < -0.3 is 32.4 Å². The average Bonchev–Trinajstić information content (AvgIpc) is 2.33. The fourth-order valence-electron chi connectivity index (χ4n) is 0.880. The van der Waals surface area contributed by atoms with Crippen LogP contribution in [0.4, 0.5) is 0 Å². The molecular weight excluding hydrogens is 298 g/mol. The van der Waals surface area contributed by atoms with Crippen LogP contribution in [0.1, 0.15) is 0 Å². The topological polar surface area (TPSA) is 186 Å². The second-order valence-electron chi connectivity index (χ2n) is 1.92. The molecule has 108 valence electrons. The Morgan fingerprint density at radius 2 is 1.24 bits per heavy atom. The van der Waals surface area contributed by atoms with Crippen molar-refractivity contribution >= 4 is 48.3 Å². The second-order valence-corrected chi connectivity index (χ2v) is 1.92. The summed E-state index contributed by atoms with van der Waals surface area (Å²) in [6, 6.07) is 7.94. The molecule has 0 saturated carbocycles. The second kappa shape index (κ2) is 20.7. The Kier molecular flexibility index (Phi) is 53.7. The van der Waals surface area contributed by atoms with Crippen molar-refractivity contribution in [2.75, 3.05) is 0 Å². The smallest absolute Gasteiger partial charge is 0.0931 e. The fraction of sp³-hybridized carbons (Fsp3) is 0. The highest BCUT2D eigenvalue weighted by atomic mass is 35.5. The summed E-state index contributed by atoms with van der Waals surface area (Å²) in [5.41, 5.74) is 2.12. The van der Waals surface area contributed by atoms with Gasteiger partial charge in [-0.05, 0) is 12.1 Å². The van der Waals surface area contributed by atoms with Crippen molar-refractivity contribution in [2.45, 2.75) is 0 Å². The van der Waals surface area contributed by atoms with Gasteiger partial charge in [0.05, 0.1) is 17.4 Å². The molecule has 0 amide bonds. The lowest BCUT2D eigenvalue weighted by Crippen LogP contribution is -1.63. The van der Waals surface area contributed by atoms with Crippen LogP contribution < -0.4 is 0 Å². The number of aromatic nitrogens is 2. The van der Waals surface area contributed by atoms with Crippen LogP contribution in [0.3, 0.4) is 0 Å². The maximum atomic E-state index is 4.06. The number of benzene rings is 1. The Morgan fingerprint density at radius 1 is 0.765 bits per heavy atom. The van der Waals surface area contributed by atoms with E-state index < -0.39 is 0 Å². The highest BCUT2D eigenvalue weighted by Crippen LogP contribution is 2.05. The van der Waals surface area contributed by atoms with Gasteiger partial charge >= 0.3 is 0 Å². The summed E-state index contributed by atoms with van der Waals surface area (Å²) in [7, 11) is 0. The van der Waals surface area contributed by atoms with E-state index in [0.29, 0.717) is 0 Å². The number of para-hydroxylation sites is 2. The summed E-state index contributed by atoms with van der Waals surface area (Å²) >= 11 is 0. The molecule has 0 aliphatic heterocycles. The lowest BCUT2D eigenvalue weighted by atomic mass is 10.3. The highest BCUT2D eigenvalue weighted by Gasteiger charge is 1.88. The average molecular weight is 318 g/mol. The molecule has 1 aromatic heterocycles. The molecule has 0 spiro atoms. The molecule has 2 aromatic rings. The van der Waals surface area contributed by atoms with Crippen LogP contribution in [0.2, 0.25) is 0 Å². The first-order chi connectivity index (χ1) is 4.47. The largest absolute Gasteiger partial charge is 0.412 e. The molecule has 0 unspecified atom stereocenters. The SMILES string of the molecule is Cl.Cl.Cl.O.O.O.O.O.c1ccc2[nH]cnc2c1. The number of rotatable bonds is 0. The Labute approximate surface area is 116 Å². The third-order valence-corrected chi connectivity index (χ3v) is 1.33. The summed E-state index contributed by atoms with van der Waals surface area (Å²) in [6.45, 7) is 0. The molecule has 11 N–H and O–H groups in total. The van der Waals surface area contributed by atoms with Crippen LogP contribution in [0.25, 0.3) is 11.0 Å². The van der Waals surface area contributed by atoms with Crippen molar-refractivity contribution in [3.8, 4) is 0 Å². The highest BCUT2D eigenvalue weighted by molar-refractivity contribution is 5.86. The summed E-state index contributed by atoms with van der Waals surface area (Å²) in [5.74, 6) is 0. The minimum atomic E-state index is 0. The van der Waals surface area contributed by atoms with Crippen molar-refractivity contribution in [3.05, 3.63) is 30.6 Å². The van der Waals surface area contributed by atoms with Crippen LogP contribution in [0.15, 0.2) is 30.6 Å². The molecule has 7 nitrogen and oxygen atoms in total. The molecule has 0 aliphatic rings. The molecule has 1 heterocycles. The molecule has 17 heavy (non-hydrogen) atoms. The predicted octanol–water partition coefficient (Wildman–Crippen LogP) is -1.30. The number of fused-ring (bicyclic) bond motifs is 1. The van der Waals surface area contributed by atoms with Crippen LogP contribution in [-0.4, -0.2) is 37.3 Å². The zero-order chi connectivity index (χ0) is 6.10. The number of aromatic amines is 1. The molecular formula is C7H19Cl3N2O5. The number of hydrogen-bond donors (Lipinski definition) is 1. The molecule has 0 aliphatic carbocycles. The van der Waals surface area contributed by atoms with E-state index in [4.69, 9.17) is 0 Å². The van der Waals surface area contributed by atoms with Crippen molar-refractivity contribution in [1.29, 1.82) is 0 Å². The molecule has 0 atom stereocenters. The molecule has 0 radical (unpaired) electrons. The fourth-order valence-corrected chi connectivity index (χ4v) is 0.880. The molecule has 10 heteroatoms. The van der Waals surface area contributed by atoms with Gasteiger partial charge in [-0.15, -0.1) is 37.2 Å². The van der Waals surface area contributed by atoms with Gasteiger partial charge in [-0.2, -0.15) is 0 Å². The number of hydrogen-bond acceptors (Lipinski definition) is 1. The molecule has 2 rings (SSSR count). The maximum absolute atomic E-state index is 4.06. The minimum absolute atomic E-state index is 0. The van der Waals surface area contributed by atoms with Gasteiger partial charge in [-0.3, -0.25) is 0 Å². The summed E-state index contributed by atoms with van der Waals surface area (Å²) in [6.07, 6.45) is 1.70. The van der Waals surface area contributed by atoms with E-state index >= 15 is 0 Å². The van der Waals surface area contributed by atoms with Crippen LogP contribution in [0.5, 0.6) is 0 Å². The number of H-pyrrole nitrogens is 1. The van der Waals surface area contributed by atoms with Gasteiger partial charge in [0.2, 0.25) is 0 Å². The normalized spacial score (nSPS) is 5.41. The Hall–Kier alpha value is -0.640. The van der Waals surface area contributed by atoms with Gasteiger partial charge in [0.25, 0.3) is 0 Å². The molecule has 1 aromatic carbocycles. The Balaban J connectivity index is -0.0000000250. The van der Waals surface area contributed by atoms with Crippen molar-refractivity contribution in [3.63, 3.8) is 0 Å². The van der Waals surface area contributed by atoms with Crippen molar-refractivity contribution in [2.24, 2.45) is 0 Å². The van der Waals surface area contributed by atoms with Gasteiger partial charge in [0, 0.05) is 0 Å². The van der Waals surface area contributed by atoms with Crippen molar-refractivity contribution in [1.82, 2.24) is 9.97 Å². The van der Waals surface area contributed by atoms with E-state index in [-0.39, 0.29) is 64.6 Å². The zero-order valence-corrected chi connectivity index (χ0v) is 11.0. The first kappa shape index (κ1) is 44.1. The van der Waals surface area contributed by atoms with Gasteiger partial charge in [-0.25, -0.2) is 4.98 Å². The molecule has 0 fully saturated rings. The summed E-state index contributed by atoms with van der Waals surface area (Å²) in [4.78, 5) is 7.07. The number of nitrogens with zero attached hydrogens (tertiary/aromatic N) is 1. The van der Waals surface area contributed by atoms with Crippen molar-refractivity contribution < 1.29 is 27.4 Å². The van der Waals surface area contributed by atoms with E-state index in [1.165, 1.54) is 0 Å². The van der Waals surface area contributed by atoms with Crippen LogP contribution in [0, 0.1) is 0 Å². The lowest BCUT2D eigenvalue weighted by molar-refractivity contribution is 0.823. The minimum Gasteiger partial charge on any atom is -0.412 e. The van der Waals surface area contributed by atoms with E-state index in [0.717, 1.165) is 11.0 Å². The van der Waals surface area contributed by atoms with Crippen LogP contribution in [-0.2, 0) is 0 Å². The monoisotopic (exact) mass is 316 g/mol. The zero-order valence-electron chi connectivity index (χ0n) is 8.56. The van der Waals surface area contributed by atoms with Gasteiger partial charge in [0.15, 0.2) is 0 Å². The first-order valence-electron chi connectivity index (χ1n) is 2.85. The maximum Gasteiger partial charge on any atom is 0.0931 e. The third-order valence-electron chi connectivity index (χ3n) is 1.33. The number of imidazole rings is 1. The van der Waals surface area contributed by atoms with Gasteiger partial charge in [0.1, 0.15) is 0 Å². The quantitative estimate of drug-likeness (QED) is 0.622. The molecule has 0 bridgehead atoms. The summed E-state index contributed by atoms with van der Waals surface area (Å²) < 4.78 is 0. The number of halogens is 3.